The number of hydrogen-bond acceptors (Lipinski definition) is 10. The molecule has 0 aliphatic carbocycles. The van der Waals surface area contributed by atoms with E-state index in [0.717, 1.165) is 11.1 Å². The molecule has 3 aromatic rings. The number of carbonyl (C=O) groups is 2. The highest BCUT2D eigenvalue weighted by molar-refractivity contribution is 8.03. The molecule has 1 aromatic heterocycles. The van der Waals surface area contributed by atoms with Gasteiger partial charge in [0.1, 0.15) is 25.0 Å². The fourth-order valence-electron chi connectivity index (χ4n) is 4.42. The fourth-order valence-corrected chi connectivity index (χ4v) is 5.60. The Kier molecular flexibility index (Phi) is 8.81. The van der Waals surface area contributed by atoms with Crippen molar-refractivity contribution in [2.45, 2.75) is 43.6 Å². The SMILES string of the molecule is C=C1Sc2c(Cl)nc(/N=C\N(C)C)nc2N1[C@H]1C[C@H](OC(=O)c2ccc(C)cc2)[C@@H](COC(=O)c2ccc(C)cc2)O1. The van der Waals surface area contributed by atoms with Gasteiger partial charge in [-0.2, -0.15) is 9.97 Å². The topological polar surface area (TPSA) is 106 Å². The molecule has 0 saturated carbocycles. The summed E-state index contributed by atoms with van der Waals surface area (Å²) < 4.78 is 17.9. The van der Waals surface area contributed by atoms with Gasteiger partial charge in [0.25, 0.3) is 5.95 Å². The normalized spacial score (nSPS) is 19.7. The molecule has 1 fully saturated rings. The molecule has 1 saturated heterocycles. The first-order valence-electron chi connectivity index (χ1n) is 13.2. The van der Waals surface area contributed by atoms with Gasteiger partial charge in [0.05, 0.1) is 27.4 Å². The summed E-state index contributed by atoms with van der Waals surface area (Å²) in [5.41, 5.74) is 2.88. The Bertz CT molecular complexity index is 1530. The largest absolute Gasteiger partial charge is 0.459 e. The second-order valence-electron chi connectivity index (χ2n) is 10.2. The first-order valence-corrected chi connectivity index (χ1v) is 14.4. The van der Waals surface area contributed by atoms with Gasteiger partial charge in [0.2, 0.25) is 0 Å². The van der Waals surface area contributed by atoms with Crippen LogP contribution in [0.25, 0.3) is 0 Å². The van der Waals surface area contributed by atoms with E-state index in [4.69, 9.17) is 25.8 Å². The lowest BCUT2D eigenvalue weighted by atomic mass is 10.1. The maximum Gasteiger partial charge on any atom is 0.338 e. The summed E-state index contributed by atoms with van der Waals surface area (Å²) in [6, 6.07) is 14.2. The van der Waals surface area contributed by atoms with Crippen LogP contribution in [-0.4, -0.2) is 72.3 Å². The molecule has 2 aromatic carbocycles. The summed E-state index contributed by atoms with van der Waals surface area (Å²) in [6.07, 6.45) is -0.267. The van der Waals surface area contributed by atoms with Crippen LogP contribution < -0.4 is 4.90 Å². The number of aromatic nitrogens is 2. The molecule has 3 atom stereocenters. The molecular formula is C30H30ClN5O5S. The molecule has 218 valence electrons. The molecule has 3 heterocycles. The zero-order valence-electron chi connectivity index (χ0n) is 23.6. The van der Waals surface area contributed by atoms with Crippen molar-refractivity contribution in [3.63, 3.8) is 0 Å². The molecule has 0 radical (unpaired) electrons. The Labute approximate surface area is 253 Å². The van der Waals surface area contributed by atoms with Crippen LogP contribution in [-0.2, 0) is 14.2 Å². The fraction of sp³-hybridized carbons (Fsp3) is 0.300. The van der Waals surface area contributed by atoms with E-state index >= 15 is 0 Å². The summed E-state index contributed by atoms with van der Waals surface area (Å²) in [5, 5.41) is 0.851. The quantitative estimate of drug-likeness (QED) is 0.140. The average Bonchev–Trinajstić information content (AvgIpc) is 3.50. The van der Waals surface area contributed by atoms with Crippen molar-refractivity contribution in [1.29, 1.82) is 0 Å². The Morgan fingerprint density at radius 2 is 1.71 bits per heavy atom. The number of halogens is 1. The van der Waals surface area contributed by atoms with Gasteiger partial charge in [0.15, 0.2) is 11.0 Å². The van der Waals surface area contributed by atoms with Crippen LogP contribution in [0, 0.1) is 13.8 Å². The van der Waals surface area contributed by atoms with E-state index in [0.29, 0.717) is 26.9 Å². The monoisotopic (exact) mass is 607 g/mol. The maximum atomic E-state index is 13.1. The van der Waals surface area contributed by atoms with E-state index < -0.39 is 30.4 Å². The number of esters is 2. The Morgan fingerprint density at radius 1 is 1.10 bits per heavy atom. The van der Waals surface area contributed by atoms with Crippen molar-refractivity contribution in [3.8, 4) is 0 Å². The molecule has 0 unspecified atom stereocenters. The summed E-state index contributed by atoms with van der Waals surface area (Å²) in [5.74, 6) is -0.335. The number of fused-ring (bicyclic) bond motifs is 1. The van der Waals surface area contributed by atoms with Crippen LogP contribution >= 0.6 is 23.4 Å². The highest BCUT2D eigenvalue weighted by Crippen LogP contribution is 2.50. The van der Waals surface area contributed by atoms with Crippen molar-refractivity contribution in [1.82, 2.24) is 14.9 Å². The molecule has 12 heteroatoms. The van der Waals surface area contributed by atoms with Crippen LogP contribution in [0.5, 0.6) is 0 Å². The van der Waals surface area contributed by atoms with Gasteiger partial charge in [-0.25, -0.2) is 14.6 Å². The van der Waals surface area contributed by atoms with Gasteiger partial charge in [-0.05, 0) is 38.1 Å². The number of hydrogen-bond donors (Lipinski definition) is 0. The zero-order valence-corrected chi connectivity index (χ0v) is 25.2. The predicted octanol–water partition coefficient (Wildman–Crippen LogP) is 5.55. The van der Waals surface area contributed by atoms with Gasteiger partial charge < -0.3 is 19.1 Å². The van der Waals surface area contributed by atoms with Crippen LogP contribution in [0.15, 0.2) is 70.0 Å². The van der Waals surface area contributed by atoms with Gasteiger partial charge in [-0.3, -0.25) is 4.90 Å². The summed E-state index contributed by atoms with van der Waals surface area (Å²) in [6.45, 7) is 7.92. The first-order chi connectivity index (χ1) is 20.1. The first kappa shape index (κ1) is 29.6. The minimum absolute atomic E-state index is 0.127. The zero-order chi connectivity index (χ0) is 30.0. The molecule has 10 nitrogen and oxygen atoms in total. The molecule has 0 N–H and O–H groups in total. The number of thioether (sulfide) groups is 1. The molecule has 0 bridgehead atoms. The molecule has 42 heavy (non-hydrogen) atoms. The van der Waals surface area contributed by atoms with Gasteiger partial charge in [-0.15, -0.1) is 0 Å². The van der Waals surface area contributed by atoms with E-state index in [1.165, 1.54) is 11.8 Å². The summed E-state index contributed by atoms with van der Waals surface area (Å²) in [7, 11) is 3.66. The van der Waals surface area contributed by atoms with Gasteiger partial charge in [-0.1, -0.05) is 65.3 Å². The number of aliphatic imine (C=N–C) groups is 1. The number of ether oxygens (including phenoxy) is 3. The Balaban J connectivity index is 1.39. The lowest BCUT2D eigenvalue weighted by molar-refractivity contribution is -0.0413. The number of nitrogens with zero attached hydrogens (tertiary/aromatic N) is 5. The van der Waals surface area contributed by atoms with Crippen LogP contribution in [0.3, 0.4) is 0 Å². The predicted molar refractivity (Wildman–Crippen MR) is 161 cm³/mol. The Hall–Kier alpha value is -3.93. The van der Waals surface area contributed by atoms with Crippen molar-refractivity contribution >= 4 is 53.4 Å². The third kappa shape index (κ3) is 6.59. The van der Waals surface area contributed by atoms with Crippen molar-refractivity contribution < 1.29 is 23.8 Å². The molecule has 0 amide bonds. The number of benzene rings is 2. The second kappa shape index (κ2) is 12.5. The maximum absolute atomic E-state index is 13.1. The van der Waals surface area contributed by atoms with E-state index in [9.17, 15) is 9.59 Å². The van der Waals surface area contributed by atoms with E-state index in [2.05, 4.69) is 21.5 Å². The van der Waals surface area contributed by atoms with Crippen LogP contribution in [0.1, 0.15) is 38.3 Å². The summed E-state index contributed by atoms with van der Waals surface area (Å²) >= 11 is 7.81. The molecule has 2 aliphatic heterocycles. The van der Waals surface area contributed by atoms with Crippen molar-refractivity contribution in [2.24, 2.45) is 4.99 Å². The standard InChI is InChI=1S/C30H30ClN5O5S/c1-17-6-10-20(11-7-17)28(37)39-15-23-22(41-29(38)21-12-8-18(2)9-13-21)14-24(40-23)36-19(3)42-25-26(31)33-30(34-27(25)36)32-16-35(4)5/h6-13,16,22-24H,3,14-15H2,1-2,4-5H3/b32-16-/t22-,23+,24+/m0/s1. The minimum Gasteiger partial charge on any atom is -0.459 e. The number of carbonyl (C=O) groups excluding carboxylic acids is 2. The Morgan fingerprint density at radius 3 is 2.33 bits per heavy atom. The van der Waals surface area contributed by atoms with Crippen LogP contribution in [0.2, 0.25) is 5.15 Å². The molecule has 5 rings (SSSR count). The van der Waals surface area contributed by atoms with Gasteiger partial charge in [0, 0.05) is 20.5 Å². The highest BCUT2D eigenvalue weighted by Gasteiger charge is 2.45. The van der Waals surface area contributed by atoms with Gasteiger partial charge >= 0.3 is 11.9 Å². The number of aryl methyl sites for hydroxylation is 2. The van der Waals surface area contributed by atoms with E-state index in [1.807, 2.05) is 52.2 Å². The molecule has 2 aliphatic rings. The highest BCUT2D eigenvalue weighted by atomic mass is 35.5. The van der Waals surface area contributed by atoms with E-state index in [1.54, 1.807) is 40.4 Å². The molecular weight excluding hydrogens is 578 g/mol. The lowest BCUT2D eigenvalue weighted by Gasteiger charge is -2.25. The minimum atomic E-state index is -0.746. The second-order valence-corrected chi connectivity index (χ2v) is 11.6. The third-order valence-electron chi connectivity index (χ3n) is 6.60. The van der Waals surface area contributed by atoms with Crippen molar-refractivity contribution in [3.05, 3.63) is 87.5 Å². The summed E-state index contributed by atoms with van der Waals surface area (Å²) in [4.78, 5) is 43.2. The number of anilines is 1. The van der Waals surface area contributed by atoms with Crippen molar-refractivity contribution in [2.75, 3.05) is 25.6 Å². The average molecular weight is 608 g/mol. The number of rotatable bonds is 8. The molecule has 0 spiro atoms. The lowest BCUT2D eigenvalue weighted by Crippen LogP contribution is -2.33. The van der Waals surface area contributed by atoms with E-state index in [-0.39, 0.29) is 24.1 Å². The van der Waals surface area contributed by atoms with Crippen LogP contribution in [0.4, 0.5) is 11.8 Å². The smallest absolute Gasteiger partial charge is 0.338 e. The third-order valence-corrected chi connectivity index (χ3v) is 7.99.